The van der Waals surface area contributed by atoms with Gasteiger partial charge in [-0.05, 0) is 55.3 Å². The Kier molecular flexibility index (Phi) is 5.44. The third-order valence-corrected chi connectivity index (χ3v) is 6.12. The normalized spacial score (nSPS) is 13.8. The number of hydrogen-bond donors (Lipinski definition) is 2. The fraction of sp³-hybridized carbons (Fsp3) is 0.360. The van der Waals surface area contributed by atoms with Crippen LogP contribution in [0.2, 0.25) is 0 Å². The second kappa shape index (κ2) is 8.32. The highest BCUT2D eigenvalue weighted by Gasteiger charge is 2.21. The molecule has 4 aromatic rings. The topological polar surface area (TPSA) is 89.7 Å². The largest absolute Gasteiger partial charge is 0.322 e. The summed E-state index contributed by atoms with van der Waals surface area (Å²) in [7, 11) is 0. The number of fused-ring (bicyclic) bond motifs is 2. The Morgan fingerprint density at radius 3 is 2.76 bits per heavy atom. The predicted molar refractivity (Wildman–Crippen MR) is 130 cm³/mol. The summed E-state index contributed by atoms with van der Waals surface area (Å²) in [6.07, 6.45) is 2.29. The maximum absolute atomic E-state index is 14.8. The number of halogens is 1. The average Bonchev–Trinajstić information content (AvgIpc) is 3.10. The molecule has 4 heterocycles. The molecule has 34 heavy (non-hydrogen) atoms. The van der Waals surface area contributed by atoms with Crippen LogP contribution in [0, 0.1) is 5.82 Å². The van der Waals surface area contributed by atoms with Crippen LogP contribution in [0.15, 0.2) is 41.3 Å². The minimum absolute atomic E-state index is 0.156. The van der Waals surface area contributed by atoms with Crippen LogP contribution < -0.4 is 16.2 Å². The number of aromatic nitrogens is 5. The van der Waals surface area contributed by atoms with Crippen molar-refractivity contribution in [1.82, 2.24) is 29.6 Å². The van der Waals surface area contributed by atoms with Crippen LogP contribution in [-0.2, 0) is 24.9 Å². The minimum atomic E-state index is -0.354. The first-order valence-corrected chi connectivity index (χ1v) is 11.5. The molecule has 8 nitrogen and oxygen atoms in total. The van der Waals surface area contributed by atoms with Gasteiger partial charge in [0.05, 0.1) is 5.69 Å². The molecular weight excluding hydrogens is 433 g/mol. The molecule has 9 heteroatoms. The molecule has 176 valence electrons. The zero-order valence-corrected chi connectivity index (χ0v) is 19.8. The van der Waals surface area contributed by atoms with Gasteiger partial charge in [-0.15, -0.1) is 0 Å². The fourth-order valence-corrected chi connectivity index (χ4v) is 4.28. The molecule has 0 amide bonds. The minimum Gasteiger partial charge on any atom is -0.322 e. The molecule has 0 bridgehead atoms. The van der Waals surface area contributed by atoms with Gasteiger partial charge in [0.25, 0.3) is 5.56 Å². The van der Waals surface area contributed by atoms with Crippen LogP contribution in [0.5, 0.6) is 0 Å². The standard InChI is InChI=1S/C25H28FN7O/c1-5-32-23(34)17-14-28-24(29-19-12-16-13-27-10-9-15(16)11-18(19)26)31-22(17)33(32)21-8-6-7-20(30-21)25(2,3)4/h6-8,11-12,14,27H,5,9-10,13H2,1-4H3,(H,28,29,31). The van der Waals surface area contributed by atoms with E-state index in [9.17, 15) is 9.18 Å². The van der Waals surface area contributed by atoms with E-state index < -0.39 is 0 Å². The van der Waals surface area contributed by atoms with Crippen molar-refractivity contribution in [1.29, 1.82) is 0 Å². The lowest BCUT2D eigenvalue weighted by molar-refractivity contribution is 0.545. The molecule has 2 N–H and O–H groups in total. The number of hydrogen-bond acceptors (Lipinski definition) is 6. The quantitative estimate of drug-likeness (QED) is 0.480. The first kappa shape index (κ1) is 22.2. The Morgan fingerprint density at radius 1 is 1.18 bits per heavy atom. The monoisotopic (exact) mass is 461 g/mol. The first-order chi connectivity index (χ1) is 16.3. The van der Waals surface area contributed by atoms with Crippen molar-refractivity contribution in [3.8, 4) is 5.82 Å². The fourth-order valence-electron chi connectivity index (χ4n) is 4.28. The van der Waals surface area contributed by atoms with Crippen molar-refractivity contribution >= 4 is 22.7 Å². The summed E-state index contributed by atoms with van der Waals surface area (Å²) in [5.41, 5.74) is 3.33. The lowest BCUT2D eigenvalue weighted by Gasteiger charge is -2.19. The van der Waals surface area contributed by atoms with Gasteiger partial charge in [-0.25, -0.2) is 23.7 Å². The van der Waals surface area contributed by atoms with Crippen molar-refractivity contribution in [2.24, 2.45) is 0 Å². The van der Waals surface area contributed by atoms with Gasteiger partial charge in [0, 0.05) is 30.4 Å². The Bertz CT molecular complexity index is 1450. The van der Waals surface area contributed by atoms with Gasteiger partial charge in [0.2, 0.25) is 5.95 Å². The summed E-state index contributed by atoms with van der Waals surface area (Å²) in [6, 6.07) is 9.12. The molecule has 0 radical (unpaired) electrons. The molecule has 1 aromatic carbocycles. The first-order valence-electron chi connectivity index (χ1n) is 11.5. The van der Waals surface area contributed by atoms with Crippen molar-refractivity contribution in [2.45, 2.75) is 52.6 Å². The van der Waals surface area contributed by atoms with Gasteiger partial charge in [0.1, 0.15) is 11.2 Å². The molecular formula is C25H28FN7O. The maximum atomic E-state index is 14.8. The molecule has 0 spiro atoms. The molecule has 3 aromatic heterocycles. The van der Waals surface area contributed by atoms with E-state index in [2.05, 4.69) is 41.4 Å². The van der Waals surface area contributed by atoms with Gasteiger partial charge in [-0.3, -0.25) is 4.79 Å². The summed E-state index contributed by atoms with van der Waals surface area (Å²) in [4.78, 5) is 26.8. The smallest absolute Gasteiger partial charge is 0.278 e. The third-order valence-electron chi connectivity index (χ3n) is 6.12. The summed E-state index contributed by atoms with van der Waals surface area (Å²) in [6.45, 7) is 10.1. The number of pyridine rings is 1. The molecule has 0 saturated heterocycles. The number of benzene rings is 1. The number of rotatable bonds is 4. The zero-order chi connectivity index (χ0) is 24.0. The van der Waals surface area contributed by atoms with Crippen LogP contribution >= 0.6 is 0 Å². The lowest BCUT2D eigenvalue weighted by Crippen LogP contribution is -2.23. The van der Waals surface area contributed by atoms with E-state index in [0.717, 1.165) is 29.8 Å². The van der Waals surface area contributed by atoms with E-state index in [1.54, 1.807) is 21.5 Å². The van der Waals surface area contributed by atoms with Crippen molar-refractivity contribution in [3.05, 3.63) is 69.5 Å². The molecule has 1 aliphatic heterocycles. The Labute approximate surface area is 196 Å². The average molecular weight is 462 g/mol. The summed E-state index contributed by atoms with van der Waals surface area (Å²) < 4.78 is 18.1. The molecule has 0 fully saturated rings. The SMILES string of the molecule is CCn1c(=O)c2cnc(Nc3cc4c(cc3F)CCNC4)nc2n1-c1cccc(C(C)(C)C)n1. The van der Waals surface area contributed by atoms with Crippen molar-refractivity contribution in [3.63, 3.8) is 0 Å². The molecule has 0 atom stereocenters. The maximum Gasteiger partial charge on any atom is 0.278 e. The lowest BCUT2D eigenvalue weighted by atomic mass is 9.92. The second-order valence-electron chi connectivity index (χ2n) is 9.55. The predicted octanol–water partition coefficient (Wildman–Crippen LogP) is 3.82. The van der Waals surface area contributed by atoms with Crippen LogP contribution in [0.4, 0.5) is 16.0 Å². The zero-order valence-electron chi connectivity index (χ0n) is 19.8. The summed E-state index contributed by atoms with van der Waals surface area (Å²) >= 11 is 0. The highest BCUT2D eigenvalue weighted by Crippen LogP contribution is 2.26. The van der Waals surface area contributed by atoms with E-state index in [-0.39, 0.29) is 22.7 Å². The van der Waals surface area contributed by atoms with Crippen LogP contribution in [0.1, 0.15) is 44.5 Å². The van der Waals surface area contributed by atoms with Crippen LogP contribution in [-0.4, -0.2) is 30.9 Å². The molecule has 5 rings (SSSR count). The van der Waals surface area contributed by atoms with Gasteiger partial charge in [-0.1, -0.05) is 26.8 Å². The molecule has 1 aliphatic rings. The van der Waals surface area contributed by atoms with Gasteiger partial charge in [-0.2, -0.15) is 4.98 Å². The van der Waals surface area contributed by atoms with Gasteiger partial charge < -0.3 is 10.6 Å². The molecule has 0 aliphatic carbocycles. The Balaban J connectivity index is 1.62. The second-order valence-corrected chi connectivity index (χ2v) is 9.55. The molecule has 0 saturated carbocycles. The number of nitrogens with zero attached hydrogens (tertiary/aromatic N) is 5. The van der Waals surface area contributed by atoms with E-state index in [1.807, 2.05) is 25.1 Å². The summed E-state index contributed by atoms with van der Waals surface area (Å²) in [5, 5.41) is 6.69. The van der Waals surface area contributed by atoms with Gasteiger partial charge >= 0.3 is 0 Å². The number of nitrogens with one attached hydrogen (secondary N) is 2. The van der Waals surface area contributed by atoms with E-state index in [0.29, 0.717) is 35.6 Å². The van der Waals surface area contributed by atoms with Crippen molar-refractivity contribution < 1.29 is 4.39 Å². The van der Waals surface area contributed by atoms with Crippen LogP contribution in [0.3, 0.4) is 0 Å². The van der Waals surface area contributed by atoms with E-state index >= 15 is 0 Å². The van der Waals surface area contributed by atoms with Gasteiger partial charge in [0.15, 0.2) is 11.5 Å². The van der Waals surface area contributed by atoms with Crippen molar-refractivity contribution in [2.75, 3.05) is 11.9 Å². The number of anilines is 2. The summed E-state index contributed by atoms with van der Waals surface area (Å²) in [5.74, 6) is 0.452. The van der Waals surface area contributed by atoms with Crippen LogP contribution in [0.25, 0.3) is 16.9 Å². The van der Waals surface area contributed by atoms with E-state index in [4.69, 9.17) is 4.98 Å². The Hall–Kier alpha value is -3.59. The highest BCUT2D eigenvalue weighted by molar-refractivity contribution is 5.77. The third kappa shape index (κ3) is 3.86. The highest BCUT2D eigenvalue weighted by atomic mass is 19.1. The Morgan fingerprint density at radius 2 is 2.00 bits per heavy atom. The molecule has 0 unspecified atom stereocenters. The van der Waals surface area contributed by atoms with E-state index in [1.165, 1.54) is 6.20 Å².